The maximum Gasteiger partial charge on any atom is 0.315 e. The van der Waals surface area contributed by atoms with Crippen molar-refractivity contribution in [2.24, 2.45) is 28.6 Å². The molecule has 0 unspecified atom stereocenters. The van der Waals surface area contributed by atoms with Crippen molar-refractivity contribution in [2.45, 2.75) is 72.9 Å². The van der Waals surface area contributed by atoms with Crippen LogP contribution in [-0.4, -0.2) is 28.9 Å². The number of carbonyl (C=O) groups is 1. The van der Waals surface area contributed by atoms with Crippen molar-refractivity contribution in [1.82, 2.24) is 0 Å². The molecule has 1 aromatic rings. The molecule has 0 heterocycles. The number of hydrogen-bond donors (Lipinski definition) is 1. The minimum atomic E-state index is -0.843. The van der Waals surface area contributed by atoms with E-state index >= 15 is 0 Å². The number of ether oxygens (including phenoxy) is 2. The fourth-order valence-corrected chi connectivity index (χ4v) is 5.07. The number of aliphatic hydroxyl groups is 1. The third kappa shape index (κ3) is 3.66. The lowest BCUT2D eigenvalue weighted by Crippen LogP contribution is -2.49. The van der Waals surface area contributed by atoms with Crippen molar-refractivity contribution in [3.63, 3.8) is 0 Å². The van der Waals surface area contributed by atoms with E-state index in [1.54, 1.807) is 0 Å². The Bertz CT molecular complexity index is 685. The SMILES string of the molecule is CC(C)(C)OC(=O)[C@@]1(C)[C@H]2[C@@H]([C@@H](O)[C@H]1OCc1ccccc1)[C@@H]2C(C)(C)C. The van der Waals surface area contributed by atoms with E-state index in [0.29, 0.717) is 12.5 Å². The second-order valence-electron chi connectivity index (χ2n) is 10.5. The van der Waals surface area contributed by atoms with Gasteiger partial charge in [0.1, 0.15) is 11.7 Å². The summed E-state index contributed by atoms with van der Waals surface area (Å²) in [6.45, 7) is 14.5. The molecular weight excluding hydrogens is 340 g/mol. The topological polar surface area (TPSA) is 55.8 Å². The molecule has 27 heavy (non-hydrogen) atoms. The van der Waals surface area contributed by atoms with Crippen LogP contribution in [0.3, 0.4) is 0 Å². The van der Waals surface area contributed by atoms with Gasteiger partial charge in [-0.15, -0.1) is 0 Å². The molecule has 1 aromatic carbocycles. The van der Waals surface area contributed by atoms with Gasteiger partial charge in [0.05, 0.1) is 18.1 Å². The van der Waals surface area contributed by atoms with Crippen LogP contribution < -0.4 is 0 Å². The summed E-state index contributed by atoms with van der Waals surface area (Å²) in [4.78, 5) is 13.2. The van der Waals surface area contributed by atoms with Crippen LogP contribution in [0, 0.1) is 28.6 Å². The van der Waals surface area contributed by atoms with Gasteiger partial charge in [0.25, 0.3) is 0 Å². The molecule has 2 aliphatic rings. The monoisotopic (exact) mass is 374 g/mol. The molecule has 0 radical (unpaired) electrons. The number of rotatable bonds is 4. The predicted molar refractivity (Wildman–Crippen MR) is 105 cm³/mol. The molecule has 2 aliphatic carbocycles. The first-order valence-electron chi connectivity index (χ1n) is 9.94. The van der Waals surface area contributed by atoms with Crippen molar-refractivity contribution in [1.29, 1.82) is 0 Å². The molecule has 150 valence electrons. The summed E-state index contributed by atoms with van der Waals surface area (Å²) < 4.78 is 11.9. The summed E-state index contributed by atoms with van der Waals surface area (Å²) >= 11 is 0. The first-order valence-corrected chi connectivity index (χ1v) is 9.94. The second kappa shape index (κ2) is 6.59. The molecule has 0 aliphatic heterocycles. The lowest BCUT2D eigenvalue weighted by atomic mass is 9.74. The van der Waals surface area contributed by atoms with Gasteiger partial charge in [-0.1, -0.05) is 51.1 Å². The standard InChI is InChI=1S/C23H34O4/c1-21(2,3)16-15-17(16)23(7,20(25)27-22(4,5)6)19(18(15)24)26-13-14-11-9-8-10-12-14/h8-12,15-19,24H,13H2,1-7H3/t15-,16-,17-,18+,19+,23-/m0/s1. The zero-order chi connectivity index (χ0) is 20.2. The van der Waals surface area contributed by atoms with Crippen LogP contribution in [0.2, 0.25) is 0 Å². The largest absolute Gasteiger partial charge is 0.459 e. The molecule has 0 bridgehead atoms. The van der Waals surface area contributed by atoms with E-state index in [9.17, 15) is 9.90 Å². The summed E-state index contributed by atoms with van der Waals surface area (Å²) in [5.74, 6) is 0.208. The van der Waals surface area contributed by atoms with Gasteiger partial charge in [-0.05, 0) is 56.4 Å². The normalized spacial score (nSPS) is 35.6. The number of aliphatic hydroxyl groups excluding tert-OH is 1. The van der Waals surface area contributed by atoms with Crippen LogP contribution in [0.4, 0.5) is 0 Å². The van der Waals surface area contributed by atoms with Crippen LogP contribution in [0.1, 0.15) is 54.0 Å². The zero-order valence-electron chi connectivity index (χ0n) is 17.7. The van der Waals surface area contributed by atoms with Gasteiger partial charge in [-0.2, -0.15) is 0 Å². The first kappa shape index (κ1) is 20.3. The minimum Gasteiger partial charge on any atom is -0.459 e. The van der Waals surface area contributed by atoms with Crippen molar-refractivity contribution in [3.8, 4) is 0 Å². The third-order valence-corrected chi connectivity index (χ3v) is 6.17. The van der Waals surface area contributed by atoms with Crippen LogP contribution in [0.5, 0.6) is 0 Å². The Morgan fingerprint density at radius 3 is 2.22 bits per heavy atom. The summed E-state index contributed by atoms with van der Waals surface area (Å²) in [5.41, 5.74) is -0.350. The highest BCUT2D eigenvalue weighted by Gasteiger charge is 2.77. The smallest absolute Gasteiger partial charge is 0.315 e. The molecule has 6 atom stereocenters. The lowest BCUT2D eigenvalue weighted by molar-refractivity contribution is -0.184. The van der Waals surface area contributed by atoms with Crippen LogP contribution in [-0.2, 0) is 20.9 Å². The van der Waals surface area contributed by atoms with Crippen LogP contribution in [0.25, 0.3) is 0 Å². The Balaban J connectivity index is 1.86. The Hall–Kier alpha value is -1.39. The van der Waals surface area contributed by atoms with Crippen molar-refractivity contribution < 1.29 is 19.4 Å². The van der Waals surface area contributed by atoms with Crippen molar-refractivity contribution in [2.75, 3.05) is 0 Å². The maximum absolute atomic E-state index is 13.2. The van der Waals surface area contributed by atoms with Crippen molar-refractivity contribution >= 4 is 5.97 Å². The van der Waals surface area contributed by atoms with E-state index in [1.807, 2.05) is 58.0 Å². The molecule has 2 fully saturated rings. The van der Waals surface area contributed by atoms with Gasteiger partial charge in [0.15, 0.2) is 0 Å². The summed E-state index contributed by atoms with van der Waals surface area (Å²) in [5, 5.41) is 11.1. The number of carbonyl (C=O) groups excluding carboxylic acids is 1. The highest BCUT2D eigenvalue weighted by atomic mass is 16.6. The fourth-order valence-electron chi connectivity index (χ4n) is 5.07. The first-order chi connectivity index (χ1) is 12.4. The van der Waals surface area contributed by atoms with Crippen molar-refractivity contribution in [3.05, 3.63) is 35.9 Å². The van der Waals surface area contributed by atoms with E-state index in [1.165, 1.54) is 0 Å². The second-order valence-corrected chi connectivity index (χ2v) is 10.5. The summed E-state index contributed by atoms with van der Waals surface area (Å²) in [6.07, 6.45) is -1.21. The fraction of sp³-hybridized carbons (Fsp3) is 0.696. The molecule has 1 N–H and O–H groups in total. The number of esters is 1. The van der Waals surface area contributed by atoms with E-state index < -0.39 is 23.2 Å². The van der Waals surface area contributed by atoms with Gasteiger partial charge in [0.2, 0.25) is 0 Å². The average Bonchev–Trinajstić information content (AvgIpc) is 3.25. The number of benzene rings is 1. The molecule has 0 spiro atoms. The molecule has 2 saturated carbocycles. The van der Waals surface area contributed by atoms with E-state index in [4.69, 9.17) is 9.47 Å². The molecule has 4 nitrogen and oxygen atoms in total. The van der Waals surface area contributed by atoms with Crippen LogP contribution >= 0.6 is 0 Å². The van der Waals surface area contributed by atoms with Gasteiger partial charge < -0.3 is 14.6 Å². The Morgan fingerprint density at radius 1 is 1.11 bits per heavy atom. The lowest BCUT2D eigenvalue weighted by Gasteiger charge is -2.38. The van der Waals surface area contributed by atoms with Gasteiger partial charge >= 0.3 is 5.97 Å². The number of hydrogen-bond acceptors (Lipinski definition) is 4. The molecular formula is C23H34O4. The Labute approximate surface area is 163 Å². The van der Waals surface area contributed by atoms with Gasteiger partial charge in [-0.25, -0.2) is 0 Å². The average molecular weight is 375 g/mol. The molecule has 0 aromatic heterocycles. The third-order valence-electron chi connectivity index (χ3n) is 6.17. The molecule has 0 saturated heterocycles. The number of fused-ring (bicyclic) bond motifs is 1. The molecule has 0 amide bonds. The highest BCUT2D eigenvalue weighted by molar-refractivity contribution is 5.80. The Morgan fingerprint density at radius 2 is 1.70 bits per heavy atom. The highest BCUT2D eigenvalue weighted by Crippen LogP contribution is 2.71. The summed E-state index contributed by atoms with van der Waals surface area (Å²) in [7, 11) is 0. The van der Waals surface area contributed by atoms with Gasteiger partial charge in [0, 0.05) is 0 Å². The quantitative estimate of drug-likeness (QED) is 0.803. The Kier molecular flexibility index (Phi) is 4.97. The van der Waals surface area contributed by atoms with Crippen LogP contribution in [0.15, 0.2) is 30.3 Å². The minimum absolute atomic E-state index is 0.0317. The summed E-state index contributed by atoms with van der Waals surface area (Å²) in [6, 6.07) is 9.87. The predicted octanol–water partition coefficient (Wildman–Crippen LogP) is 4.20. The van der Waals surface area contributed by atoms with Gasteiger partial charge in [-0.3, -0.25) is 4.79 Å². The molecule has 3 rings (SSSR count). The molecule has 4 heteroatoms. The van der Waals surface area contributed by atoms with E-state index in [0.717, 1.165) is 5.56 Å². The maximum atomic E-state index is 13.2. The zero-order valence-corrected chi connectivity index (χ0v) is 17.7. The van der Waals surface area contributed by atoms with E-state index in [-0.39, 0.29) is 23.2 Å². The van der Waals surface area contributed by atoms with E-state index in [2.05, 4.69) is 20.8 Å².